The van der Waals surface area contributed by atoms with Crippen molar-refractivity contribution in [3.63, 3.8) is 0 Å². The van der Waals surface area contributed by atoms with Crippen LogP contribution >= 0.6 is 11.8 Å². The van der Waals surface area contributed by atoms with Crippen LogP contribution in [0, 0.1) is 13.8 Å². The molecular weight excluding hydrogens is 334 g/mol. The first kappa shape index (κ1) is 18.0. The number of hydrogen-bond acceptors (Lipinski definition) is 5. The molecule has 1 aromatic heterocycles. The number of carbonyl (C=O) groups is 1. The van der Waals surface area contributed by atoms with E-state index in [-0.39, 0.29) is 11.2 Å². The molecule has 5 nitrogen and oxygen atoms in total. The lowest BCUT2D eigenvalue weighted by atomic mass is 9.89. The molecule has 0 unspecified atom stereocenters. The quantitative estimate of drug-likeness (QED) is 0.773. The van der Waals surface area contributed by atoms with E-state index in [0.717, 1.165) is 30.0 Å². The lowest BCUT2D eigenvalue weighted by Gasteiger charge is -2.17. The van der Waals surface area contributed by atoms with E-state index in [9.17, 15) is 4.79 Å². The van der Waals surface area contributed by atoms with Crippen LogP contribution in [-0.2, 0) is 4.79 Å². The van der Waals surface area contributed by atoms with Crippen LogP contribution in [0.1, 0.15) is 62.0 Å². The Kier molecular flexibility index (Phi) is 5.78. The number of benzene rings is 1. The van der Waals surface area contributed by atoms with E-state index in [2.05, 4.69) is 21.6 Å². The summed E-state index contributed by atoms with van der Waals surface area (Å²) in [6, 6.07) is 5.99. The number of hydrogen-bond donors (Lipinski definition) is 1. The first-order valence-corrected chi connectivity index (χ1v) is 9.79. The summed E-state index contributed by atoms with van der Waals surface area (Å²) in [5.41, 5.74) is 3.08. The predicted molar refractivity (Wildman–Crippen MR) is 100.0 cm³/mol. The maximum atomic E-state index is 12.4. The fourth-order valence-electron chi connectivity index (χ4n) is 3.18. The minimum Gasteiger partial charge on any atom is -0.416 e. The van der Waals surface area contributed by atoms with E-state index in [1.807, 2.05) is 32.9 Å². The van der Waals surface area contributed by atoms with Gasteiger partial charge in [0.1, 0.15) is 0 Å². The molecule has 1 amide bonds. The van der Waals surface area contributed by atoms with Crippen LogP contribution in [0.5, 0.6) is 0 Å². The number of nitrogens with one attached hydrogen (secondary N) is 1. The molecule has 1 aliphatic rings. The fraction of sp³-hybridized carbons (Fsp3) is 0.526. The molecule has 1 fully saturated rings. The van der Waals surface area contributed by atoms with Crippen molar-refractivity contribution >= 4 is 23.4 Å². The van der Waals surface area contributed by atoms with Crippen molar-refractivity contribution in [2.24, 2.45) is 0 Å². The molecule has 2 aromatic rings. The number of rotatable bonds is 5. The third kappa shape index (κ3) is 4.63. The summed E-state index contributed by atoms with van der Waals surface area (Å²) < 4.78 is 5.79. The summed E-state index contributed by atoms with van der Waals surface area (Å²) in [7, 11) is 0. The van der Waals surface area contributed by atoms with E-state index in [1.54, 1.807) is 0 Å². The van der Waals surface area contributed by atoms with Crippen LogP contribution in [0.3, 0.4) is 0 Å². The third-order valence-corrected chi connectivity index (χ3v) is 5.60. The molecule has 1 N–H and O–H groups in total. The number of anilines is 1. The smallest absolute Gasteiger partial charge is 0.277 e. The van der Waals surface area contributed by atoms with Crippen LogP contribution in [0.15, 0.2) is 27.8 Å². The molecule has 134 valence electrons. The van der Waals surface area contributed by atoms with Gasteiger partial charge in [-0.2, -0.15) is 0 Å². The lowest BCUT2D eigenvalue weighted by molar-refractivity contribution is -0.115. The molecule has 1 aliphatic carbocycles. The molecule has 25 heavy (non-hydrogen) atoms. The highest BCUT2D eigenvalue weighted by atomic mass is 32.2. The van der Waals surface area contributed by atoms with E-state index < -0.39 is 0 Å². The van der Waals surface area contributed by atoms with Gasteiger partial charge in [-0.05, 0) is 45.2 Å². The molecule has 1 saturated carbocycles. The molecule has 0 bridgehead atoms. The summed E-state index contributed by atoms with van der Waals surface area (Å²) in [5.74, 6) is 1.05. The summed E-state index contributed by atoms with van der Waals surface area (Å²) >= 11 is 1.31. The van der Waals surface area contributed by atoms with Gasteiger partial charge in [0.15, 0.2) is 0 Å². The molecule has 3 rings (SSSR count). The van der Waals surface area contributed by atoms with Gasteiger partial charge < -0.3 is 9.73 Å². The van der Waals surface area contributed by atoms with E-state index >= 15 is 0 Å². The second-order valence-electron chi connectivity index (χ2n) is 6.81. The van der Waals surface area contributed by atoms with Crippen molar-refractivity contribution in [1.82, 2.24) is 10.2 Å². The van der Waals surface area contributed by atoms with Gasteiger partial charge in [0.25, 0.3) is 5.22 Å². The van der Waals surface area contributed by atoms with Gasteiger partial charge in [-0.15, -0.1) is 10.2 Å². The van der Waals surface area contributed by atoms with E-state index in [1.165, 1.54) is 36.6 Å². The fourth-order valence-corrected chi connectivity index (χ4v) is 3.87. The van der Waals surface area contributed by atoms with Crippen molar-refractivity contribution in [2.75, 3.05) is 5.32 Å². The van der Waals surface area contributed by atoms with Crippen molar-refractivity contribution < 1.29 is 9.21 Å². The van der Waals surface area contributed by atoms with Gasteiger partial charge in [0.2, 0.25) is 11.8 Å². The maximum absolute atomic E-state index is 12.4. The Balaban J connectivity index is 1.58. The average Bonchev–Trinajstić information content (AvgIpc) is 3.06. The number of carbonyl (C=O) groups excluding carboxylic acids is 1. The minimum atomic E-state index is -0.305. The molecule has 1 aromatic carbocycles. The summed E-state index contributed by atoms with van der Waals surface area (Å²) in [6.07, 6.45) is 5.99. The first-order chi connectivity index (χ1) is 12.0. The Labute approximate surface area is 153 Å². The van der Waals surface area contributed by atoms with Crippen LogP contribution in [-0.4, -0.2) is 21.4 Å². The highest BCUT2D eigenvalue weighted by Gasteiger charge is 2.23. The molecule has 0 saturated heterocycles. The maximum Gasteiger partial charge on any atom is 0.277 e. The largest absolute Gasteiger partial charge is 0.416 e. The van der Waals surface area contributed by atoms with Crippen molar-refractivity contribution in [3.05, 3.63) is 35.2 Å². The SMILES string of the molecule is Cc1ccc(NC(=O)[C@@H](C)Sc2nnc(C3CCCCC3)o2)c(C)c1. The van der Waals surface area contributed by atoms with Crippen LogP contribution in [0.25, 0.3) is 0 Å². The van der Waals surface area contributed by atoms with Crippen LogP contribution in [0.4, 0.5) is 5.69 Å². The van der Waals surface area contributed by atoms with Crippen molar-refractivity contribution in [2.45, 2.75) is 69.3 Å². The average molecular weight is 359 g/mol. The summed E-state index contributed by atoms with van der Waals surface area (Å²) in [5, 5.41) is 11.5. The number of thioether (sulfide) groups is 1. The number of nitrogens with zero attached hydrogens (tertiary/aromatic N) is 2. The zero-order chi connectivity index (χ0) is 17.8. The molecule has 6 heteroatoms. The van der Waals surface area contributed by atoms with Gasteiger partial charge in [-0.3, -0.25) is 4.79 Å². The third-order valence-electron chi connectivity index (χ3n) is 4.66. The summed E-state index contributed by atoms with van der Waals surface area (Å²) in [4.78, 5) is 12.4. The number of amides is 1. The predicted octanol–water partition coefficient (Wildman–Crippen LogP) is 4.85. The second-order valence-corrected chi connectivity index (χ2v) is 8.10. The normalized spacial score (nSPS) is 16.6. The van der Waals surface area contributed by atoms with E-state index in [0.29, 0.717) is 11.1 Å². The Bertz CT molecular complexity index is 738. The van der Waals surface area contributed by atoms with Gasteiger partial charge >= 0.3 is 0 Å². The second kappa shape index (κ2) is 8.04. The lowest BCUT2D eigenvalue weighted by Crippen LogP contribution is -2.22. The van der Waals surface area contributed by atoms with Gasteiger partial charge in [-0.1, -0.05) is 48.7 Å². The highest BCUT2D eigenvalue weighted by molar-refractivity contribution is 8.00. The minimum absolute atomic E-state index is 0.0608. The highest BCUT2D eigenvalue weighted by Crippen LogP contribution is 2.33. The first-order valence-electron chi connectivity index (χ1n) is 8.91. The van der Waals surface area contributed by atoms with Gasteiger partial charge in [0.05, 0.1) is 5.25 Å². The van der Waals surface area contributed by atoms with Gasteiger partial charge in [0, 0.05) is 11.6 Å². The molecule has 0 spiro atoms. The Hall–Kier alpha value is -1.82. The molecule has 0 radical (unpaired) electrons. The number of aryl methyl sites for hydroxylation is 2. The Morgan fingerprint density at radius 1 is 1.24 bits per heavy atom. The monoisotopic (exact) mass is 359 g/mol. The van der Waals surface area contributed by atoms with Crippen LogP contribution in [0.2, 0.25) is 0 Å². The standard InChI is InChI=1S/C19H25N3O2S/c1-12-9-10-16(13(2)11-12)20-17(23)14(3)25-19-22-21-18(24-19)15-7-5-4-6-8-15/h9-11,14-15H,4-8H2,1-3H3,(H,20,23)/t14-/m1/s1. The van der Waals surface area contributed by atoms with Crippen molar-refractivity contribution in [3.8, 4) is 0 Å². The molecule has 1 atom stereocenters. The zero-order valence-electron chi connectivity index (χ0n) is 15.0. The van der Waals surface area contributed by atoms with Gasteiger partial charge in [-0.25, -0.2) is 0 Å². The van der Waals surface area contributed by atoms with E-state index in [4.69, 9.17) is 4.42 Å². The number of aromatic nitrogens is 2. The topological polar surface area (TPSA) is 68.0 Å². The zero-order valence-corrected chi connectivity index (χ0v) is 15.9. The molecular formula is C19H25N3O2S. The summed E-state index contributed by atoms with van der Waals surface area (Å²) in [6.45, 7) is 5.89. The molecule has 1 heterocycles. The Morgan fingerprint density at radius 2 is 2.00 bits per heavy atom. The molecule has 0 aliphatic heterocycles. The Morgan fingerprint density at radius 3 is 2.72 bits per heavy atom. The van der Waals surface area contributed by atoms with Crippen molar-refractivity contribution in [1.29, 1.82) is 0 Å². The van der Waals surface area contributed by atoms with Crippen LogP contribution < -0.4 is 5.32 Å².